The van der Waals surface area contributed by atoms with Gasteiger partial charge < -0.3 is 10.5 Å². The van der Waals surface area contributed by atoms with Gasteiger partial charge in [-0.2, -0.15) is 0 Å². The summed E-state index contributed by atoms with van der Waals surface area (Å²) in [6, 6.07) is 0. The van der Waals surface area contributed by atoms with Crippen molar-refractivity contribution in [3.05, 3.63) is 22.8 Å². The quantitative estimate of drug-likeness (QED) is 0.808. The maximum atomic E-state index is 5.73. The van der Waals surface area contributed by atoms with Crippen molar-refractivity contribution in [3.8, 4) is 0 Å². The van der Waals surface area contributed by atoms with Crippen molar-refractivity contribution in [1.82, 2.24) is 9.97 Å². The minimum atomic E-state index is 0.0179. The lowest BCUT2D eigenvalue weighted by molar-refractivity contribution is 0.0491. The molecule has 0 radical (unpaired) electrons. The molecule has 0 spiro atoms. The first kappa shape index (κ1) is 15.1. The van der Waals surface area contributed by atoms with Crippen LogP contribution in [0.4, 0.5) is 0 Å². The highest BCUT2D eigenvalue weighted by Crippen LogP contribution is 2.21. The summed E-state index contributed by atoms with van der Waals surface area (Å²) in [5.41, 5.74) is 8.85. The van der Waals surface area contributed by atoms with Crippen LogP contribution in [0.1, 0.15) is 55.6 Å². The lowest BCUT2D eigenvalue weighted by Gasteiger charge is -2.17. The summed E-state index contributed by atoms with van der Waals surface area (Å²) in [5.74, 6) is 0.814. The first-order valence-corrected chi connectivity index (χ1v) is 6.79. The highest BCUT2D eigenvalue weighted by atomic mass is 16.5. The second-order valence-corrected chi connectivity index (χ2v) is 4.50. The van der Waals surface area contributed by atoms with Crippen LogP contribution >= 0.6 is 0 Å². The molecule has 0 bridgehead atoms. The van der Waals surface area contributed by atoms with Crippen LogP contribution in [0.3, 0.4) is 0 Å². The minimum absolute atomic E-state index is 0.0179. The molecule has 0 saturated heterocycles. The van der Waals surface area contributed by atoms with Crippen molar-refractivity contribution in [2.45, 2.75) is 53.1 Å². The lowest BCUT2D eigenvalue weighted by Crippen LogP contribution is -2.14. The molecule has 18 heavy (non-hydrogen) atoms. The van der Waals surface area contributed by atoms with Crippen LogP contribution in [0, 0.1) is 13.8 Å². The van der Waals surface area contributed by atoms with Crippen molar-refractivity contribution < 1.29 is 4.74 Å². The number of ether oxygens (including phenoxy) is 1. The summed E-state index contributed by atoms with van der Waals surface area (Å²) in [4.78, 5) is 9.20. The fraction of sp³-hybridized carbons (Fsp3) is 0.714. The molecule has 102 valence electrons. The van der Waals surface area contributed by atoms with Crippen LogP contribution in [-0.4, -0.2) is 23.1 Å². The van der Waals surface area contributed by atoms with E-state index in [1.807, 2.05) is 20.8 Å². The minimum Gasteiger partial charge on any atom is -0.371 e. The Balaban J connectivity index is 3.02. The van der Waals surface area contributed by atoms with Gasteiger partial charge >= 0.3 is 0 Å². The molecule has 0 fully saturated rings. The molecule has 0 aromatic carbocycles. The maximum Gasteiger partial charge on any atom is 0.157 e. The average molecular weight is 251 g/mol. The van der Waals surface area contributed by atoms with E-state index >= 15 is 0 Å². The molecular formula is C14H25N3O. The van der Waals surface area contributed by atoms with Crippen molar-refractivity contribution in [2.24, 2.45) is 5.73 Å². The van der Waals surface area contributed by atoms with E-state index in [4.69, 9.17) is 10.5 Å². The summed E-state index contributed by atoms with van der Waals surface area (Å²) in [6.07, 6.45) is 2.88. The van der Waals surface area contributed by atoms with Gasteiger partial charge in [-0.25, -0.2) is 9.97 Å². The third-order valence-corrected chi connectivity index (χ3v) is 3.04. The zero-order valence-corrected chi connectivity index (χ0v) is 12.0. The van der Waals surface area contributed by atoms with E-state index in [0.29, 0.717) is 13.2 Å². The van der Waals surface area contributed by atoms with Crippen molar-refractivity contribution in [1.29, 1.82) is 0 Å². The Kier molecular flexibility index (Phi) is 6.22. The Bertz CT molecular complexity index is 350. The molecule has 4 heteroatoms. The van der Waals surface area contributed by atoms with Crippen molar-refractivity contribution in [2.75, 3.05) is 13.2 Å². The Morgan fingerprint density at radius 1 is 1.17 bits per heavy atom. The van der Waals surface area contributed by atoms with Crippen LogP contribution in [0.25, 0.3) is 0 Å². The monoisotopic (exact) mass is 251 g/mol. The largest absolute Gasteiger partial charge is 0.371 e. The molecule has 1 heterocycles. The third kappa shape index (κ3) is 3.75. The molecule has 2 N–H and O–H groups in total. The highest BCUT2D eigenvalue weighted by molar-refractivity contribution is 5.25. The summed E-state index contributed by atoms with van der Waals surface area (Å²) < 4.78 is 5.73. The maximum absolute atomic E-state index is 5.73. The first-order valence-electron chi connectivity index (χ1n) is 6.79. The molecule has 0 aliphatic heterocycles. The second-order valence-electron chi connectivity index (χ2n) is 4.50. The Morgan fingerprint density at radius 2 is 1.78 bits per heavy atom. The van der Waals surface area contributed by atoms with Gasteiger partial charge in [-0.1, -0.05) is 13.3 Å². The van der Waals surface area contributed by atoms with Gasteiger partial charge in [-0.15, -0.1) is 0 Å². The summed E-state index contributed by atoms with van der Waals surface area (Å²) >= 11 is 0. The Labute approximate surface area is 110 Å². The van der Waals surface area contributed by atoms with E-state index in [1.165, 1.54) is 5.56 Å². The van der Waals surface area contributed by atoms with Crippen molar-refractivity contribution >= 4 is 0 Å². The number of hydrogen-bond acceptors (Lipinski definition) is 4. The summed E-state index contributed by atoms with van der Waals surface area (Å²) in [5, 5.41) is 0. The average Bonchev–Trinajstić information content (AvgIpc) is 2.33. The van der Waals surface area contributed by atoms with Gasteiger partial charge in [-0.05, 0) is 45.7 Å². The number of rotatable bonds is 7. The normalized spacial score (nSPS) is 12.7. The fourth-order valence-corrected chi connectivity index (χ4v) is 2.17. The smallest absolute Gasteiger partial charge is 0.157 e. The highest BCUT2D eigenvalue weighted by Gasteiger charge is 2.16. The van der Waals surface area contributed by atoms with E-state index in [2.05, 4.69) is 16.9 Å². The van der Waals surface area contributed by atoms with Gasteiger partial charge in [0.15, 0.2) is 5.82 Å². The van der Waals surface area contributed by atoms with Crippen LogP contribution < -0.4 is 5.73 Å². The molecule has 1 atom stereocenters. The molecule has 0 aliphatic rings. The molecule has 0 saturated carbocycles. The van der Waals surface area contributed by atoms with E-state index in [-0.39, 0.29) is 6.10 Å². The van der Waals surface area contributed by atoms with E-state index in [0.717, 1.165) is 36.5 Å². The van der Waals surface area contributed by atoms with Gasteiger partial charge in [0.05, 0.1) is 0 Å². The molecular weight excluding hydrogens is 226 g/mol. The second kappa shape index (κ2) is 7.44. The van der Waals surface area contributed by atoms with E-state index < -0.39 is 0 Å². The zero-order chi connectivity index (χ0) is 13.5. The van der Waals surface area contributed by atoms with Gasteiger partial charge in [0.25, 0.3) is 0 Å². The van der Waals surface area contributed by atoms with Gasteiger partial charge in [0, 0.05) is 18.0 Å². The predicted molar refractivity (Wildman–Crippen MR) is 73.5 cm³/mol. The first-order chi connectivity index (χ1) is 8.63. The Morgan fingerprint density at radius 3 is 2.22 bits per heavy atom. The Hall–Kier alpha value is -1.00. The SMILES string of the molecule is CCCC(OCC)c1nc(C)c(CCN)c(C)n1. The molecule has 1 aromatic rings. The fourth-order valence-electron chi connectivity index (χ4n) is 2.17. The number of nitrogens with zero attached hydrogens (tertiary/aromatic N) is 2. The molecule has 1 rings (SSSR count). The van der Waals surface area contributed by atoms with Crippen LogP contribution in [0.5, 0.6) is 0 Å². The number of aromatic nitrogens is 2. The number of nitrogens with two attached hydrogens (primary N) is 1. The lowest BCUT2D eigenvalue weighted by atomic mass is 10.1. The molecule has 4 nitrogen and oxygen atoms in total. The van der Waals surface area contributed by atoms with Crippen LogP contribution in [0.15, 0.2) is 0 Å². The number of aryl methyl sites for hydroxylation is 2. The molecule has 0 aliphatic carbocycles. The molecule has 1 aromatic heterocycles. The van der Waals surface area contributed by atoms with Crippen LogP contribution in [0.2, 0.25) is 0 Å². The van der Waals surface area contributed by atoms with Gasteiger partial charge in [-0.3, -0.25) is 0 Å². The van der Waals surface area contributed by atoms with Gasteiger partial charge in [0.1, 0.15) is 6.10 Å². The molecule has 1 unspecified atom stereocenters. The standard InChI is InChI=1S/C14H25N3O/c1-5-7-13(18-6-2)14-16-10(3)12(8-9-15)11(4)17-14/h13H,5-9,15H2,1-4H3. The van der Waals surface area contributed by atoms with E-state index in [9.17, 15) is 0 Å². The zero-order valence-electron chi connectivity index (χ0n) is 12.0. The van der Waals surface area contributed by atoms with Gasteiger partial charge in [0.2, 0.25) is 0 Å². The molecule has 0 amide bonds. The van der Waals surface area contributed by atoms with Crippen molar-refractivity contribution in [3.63, 3.8) is 0 Å². The third-order valence-electron chi connectivity index (χ3n) is 3.04. The summed E-state index contributed by atoms with van der Waals surface area (Å²) in [7, 11) is 0. The van der Waals surface area contributed by atoms with Crippen LogP contribution in [-0.2, 0) is 11.2 Å². The number of hydrogen-bond donors (Lipinski definition) is 1. The predicted octanol–water partition coefficient (Wildman–Crippen LogP) is 2.47. The summed E-state index contributed by atoms with van der Waals surface area (Å²) in [6.45, 7) is 9.53. The van der Waals surface area contributed by atoms with E-state index in [1.54, 1.807) is 0 Å². The topological polar surface area (TPSA) is 61.0 Å².